The van der Waals surface area contributed by atoms with Crippen molar-refractivity contribution in [2.45, 2.75) is 4.90 Å². The quantitative estimate of drug-likeness (QED) is 0.590. The highest BCUT2D eigenvalue weighted by atomic mass is 32.2. The highest BCUT2D eigenvalue weighted by Crippen LogP contribution is 2.20. The third kappa shape index (κ3) is 4.83. The third-order valence-electron chi connectivity index (χ3n) is 3.63. The Morgan fingerprint density at radius 1 is 0.714 bits per heavy atom. The van der Waals surface area contributed by atoms with Crippen LogP contribution >= 0.6 is 0 Å². The molecule has 0 unspecified atom stereocenters. The number of hydrogen-bond donors (Lipinski definition) is 3. The first kappa shape index (κ1) is 19.3. The number of carbonyl (C=O) groups excluding carboxylic acids is 1. The van der Waals surface area contributed by atoms with Crippen molar-refractivity contribution in [2.24, 2.45) is 0 Å². The zero-order valence-corrected chi connectivity index (χ0v) is 15.1. The van der Waals surface area contributed by atoms with Crippen molar-refractivity contribution in [3.05, 3.63) is 84.4 Å². The van der Waals surface area contributed by atoms with E-state index in [-0.39, 0.29) is 5.69 Å². The second-order valence-corrected chi connectivity index (χ2v) is 7.39. The van der Waals surface area contributed by atoms with Crippen molar-refractivity contribution in [2.75, 3.05) is 15.4 Å². The predicted octanol–water partition coefficient (Wildman–Crippen LogP) is 4.41. The van der Waals surface area contributed by atoms with Crippen LogP contribution in [-0.2, 0) is 10.0 Å². The molecule has 0 atom stereocenters. The number of halogens is 2. The summed E-state index contributed by atoms with van der Waals surface area (Å²) in [6, 6.07) is 16.5. The number of sulfonamides is 1. The first-order chi connectivity index (χ1) is 13.3. The average molecular weight is 403 g/mol. The maximum atomic E-state index is 13.3. The maximum absolute atomic E-state index is 13.3. The molecule has 0 aliphatic carbocycles. The van der Waals surface area contributed by atoms with Gasteiger partial charge < -0.3 is 10.6 Å². The topological polar surface area (TPSA) is 87.3 Å². The lowest BCUT2D eigenvalue weighted by Crippen LogP contribution is -2.19. The van der Waals surface area contributed by atoms with Crippen LogP contribution in [-0.4, -0.2) is 14.4 Å². The molecule has 0 radical (unpaired) electrons. The van der Waals surface area contributed by atoms with E-state index in [0.29, 0.717) is 17.4 Å². The zero-order chi connectivity index (χ0) is 20.1. The van der Waals surface area contributed by atoms with E-state index < -0.39 is 32.6 Å². The van der Waals surface area contributed by atoms with Gasteiger partial charge in [-0.25, -0.2) is 22.0 Å². The summed E-state index contributed by atoms with van der Waals surface area (Å²) in [6.07, 6.45) is 0. The van der Waals surface area contributed by atoms with Crippen LogP contribution in [0.5, 0.6) is 0 Å². The lowest BCUT2D eigenvalue weighted by Gasteiger charge is -2.10. The molecular weight excluding hydrogens is 388 g/mol. The highest BCUT2D eigenvalue weighted by Gasteiger charge is 2.16. The number of carbonyl (C=O) groups is 1. The lowest BCUT2D eigenvalue weighted by atomic mass is 10.3. The summed E-state index contributed by atoms with van der Waals surface area (Å²) in [5.74, 6) is -2.39. The molecular formula is C19H15F2N3O3S. The Hall–Kier alpha value is -3.46. The minimum atomic E-state index is -4.09. The molecule has 0 fully saturated rings. The molecule has 0 bridgehead atoms. The van der Waals surface area contributed by atoms with Gasteiger partial charge in [0.15, 0.2) is 11.6 Å². The Labute approximate surface area is 160 Å². The molecule has 6 nitrogen and oxygen atoms in total. The second-order valence-electron chi connectivity index (χ2n) is 5.70. The molecule has 0 aliphatic heterocycles. The molecule has 144 valence electrons. The molecule has 0 saturated heterocycles. The molecule has 0 spiro atoms. The van der Waals surface area contributed by atoms with E-state index >= 15 is 0 Å². The van der Waals surface area contributed by atoms with Crippen LogP contribution in [0.2, 0.25) is 0 Å². The van der Waals surface area contributed by atoms with Crippen molar-refractivity contribution in [1.82, 2.24) is 0 Å². The summed E-state index contributed by atoms with van der Waals surface area (Å²) in [7, 11) is -4.09. The molecule has 28 heavy (non-hydrogen) atoms. The number of para-hydroxylation sites is 1. The third-order valence-corrected chi connectivity index (χ3v) is 5.01. The lowest BCUT2D eigenvalue weighted by molar-refractivity contribution is 0.262. The molecule has 9 heteroatoms. The summed E-state index contributed by atoms with van der Waals surface area (Å²) in [6.45, 7) is 0. The van der Waals surface area contributed by atoms with Crippen LogP contribution in [0.25, 0.3) is 0 Å². The first-order valence-electron chi connectivity index (χ1n) is 8.04. The monoisotopic (exact) mass is 403 g/mol. The van der Waals surface area contributed by atoms with E-state index in [2.05, 4.69) is 15.4 Å². The molecule has 2 amide bonds. The van der Waals surface area contributed by atoms with Crippen molar-refractivity contribution >= 4 is 33.1 Å². The molecule has 0 saturated carbocycles. The Balaban J connectivity index is 1.65. The highest BCUT2D eigenvalue weighted by molar-refractivity contribution is 7.92. The van der Waals surface area contributed by atoms with E-state index in [9.17, 15) is 22.0 Å². The van der Waals surface area contributed by atoms with E-state index in [0.717, 1.165) is 12.1 Å². The van der Waals surface area contributed by atoms with Crippen LogP contribution in [0.4, 0.5) is 30.6 Å². The fraction of sp³-hybridized carbons (Fsp3) is 0. The van der Waals surface area contributed by atoms with Gasteiger partial charge in [0, 0.05) is 17.1 Å². The molecule has 3 N–H and O–H groups in total. The van der Waals surface area contributed by atoms with Gasteiger partial charge >= 0.3 is 6.03 Å². The molecule has 0 aromatic heterocycles. The number of anilines is 3. The SMILES string of the molecule is O=C(Nc1ccccc1)Nc1ccc(NS(=O)(=O)c2ccc(F)c(F)c2)cc1. The van der Waals surface area contributed by atoms with Crippen molar-refractivity contribution in [3.8, 4) is 0 Å². The van der Waals surface area contributed by atoms with Gasteiger partial charge in [-0.15, -0.1) is 0 Å². The summed E-state index contributed by atoms with van der Waals surface area (Å²) in [4.78, 5) is 11.5. The van der Waals surface area contributed by atoms with Crippen LogP contribution < -0.4 is 15.4 Å². The van der Waals surface area contributed by atoms with Gasteiger partial charge in [-0.1, -0.05) is 18.2 Å². The number of hydrogen-bond acceptors (Lipinski definition) is 3. The van der Waals surface area contributed by atoms with Gasteiger partial charge in [0.05, 0.1) is 4.90 Å². The van der Waals surface area contributed by atoms with Gasteiger partial charge in [0.1, 0.15) is 0 Å². The minimum Gasteiger partial charge on any atom is -0.308 e. The van der Waals surface area contributed by atoms with Gasteiger partial charge in [-0.3, -0.25) is 4.72 Å². The van der Waals surface area contributed by atoms with Crippen molar-refractivity contribution in [3.63, 3.8) is 0 Å². The number of nitrogens with one attached hydrogen (secondary N) is 3. The summed E-state index contributed by atoms with van der Waals surface area (Å²) < 4.78 is 53.0. The average Bonchev–Trinajstić information content (AvgIpc) is 2.66. The Morgan fingerprint density at radius 3 is 1.89 bits per heavy atom. The Bertz CT molecular complexity index is 1090. The number of urea groups is 1. The Morgan fingerprint density at radius 2 is 1.29 bits per heavy atom. The molecule has 3 aromatic rings. The number of rotatable bonds is 5. The first-order valence-corrected chi connectivity index (χ1v) is 9.53. The Kier molecular flexibility index (Phi) is 5.55. The smallest absolute Gasteiger partial charge is 0.308 e. The molecule has 0 heterocycles. The van der Waals surface area contributed by atoms with E-state index in [1.807, 2.05) is 6.07 Å². The number of benzene rings is 3. The molecule has 0 aliphatic rings. The number of amides is 2. The van der Waals surface area contributed by atoms with E-state index in [1.54, 1.807) is 24.3 Å². The summed E-state index contributed by atoms with van der Waals surface area (Å²) >= 11 is 0. The largest absolute Gasteiger partial charge is 0.323 e. The van der Waals surface area contributed by atoms with Gasteiger partial charge in [-0.05, 0) is 54.6 Å². The molecule has 3 rings (SSSR count). The minimum absolute atomic E-state index is 0.193. The maximum Gasteiger partial charge on any atom is 0.323 e. The molecule has 3 aromatic carbocycles. The van der Waals surface area contributed by atoms with Crippen LogP contribution in [0.15, 0.2) is 77.7 Å². The van der Waals surface area contributed by atoms with Gasteiger partial charge in [0.25, 0.3) is 10.0 Å². The second kappa shape index (κ2) is 8.05. The van der Waals surface area contributed by atoms with Crippen molar-refractivity contribution < 1.29 is 22.0 Å². The normalized spacial score (nSPS) is 10.9. The zero-order valence-electron chi connectivity index (χ0n) is 14.3. The standard InChI is InChI=1S/C19H15F2N3O3S/c20-17-11-10-16(12-18(17)21)28(26,27)24-15-8-6-14(7-9-15)23-19(25)22-13-4-2-1-3-5-13/h1-12,24H,(H2,22,23,25). The van der Waals surface area contributed by atoms with Crippen molar-refractivity contribution in [1.29, 1.82) is 0 Å². The van der Waals surface area contributed by atoms with E-state index in [4.69, 9.17) is 0 Å². The van der Waals surface area contributed by atoms with E-state index in [1.165, 1.54) is 24.3 Å². The van der Waals surface area contributed by atoms with Crippen LogP contribution in [0.1, 0.15) is 0 Å². The fourth-order valence-corrected chi connectivity index (χ4v) is 3.36. The van der Waals surface area contributed by atoms with Crippen LogP contribution in [0.3, 0.4) is 0 Å². The van der Waals surface area contributed by atoms with Gasteiger partial charge in [0.2, 0.25) is 0 Å². The summed E-state index contributed by atoms with van der Waals surface area (Å²) in [5, 5.41) is 5.25. The van der Waals surface area contributed by atoms with Crippen LogP contribution in [0, 0.1) is 11.6 Å². The van der Waals surface area contributed by atoms with Gasteiger partial charge in [-0.2, -0.15) is 0 Å². The summed E-state index contributed by atoms with van der Waals surface area (Å²) in [5.41, 5.74) is 1.25. The predicted molar refractivity (Wildman–Crippen MR) is 103 cm³/mol. The fourth-order valence-electron chi connectivity index (χ4n) is 2.29.